The van der Waals surface area contributed by atoms with Crippen molar-refractivity contribution >= 4 is 5.97 Å². The summed E-state index contributed by atoms with van der Waals surface area (Å²) in [5.74, 6) is -1.20. The summed E-state index contributed by atoms with van der Waals surface area (Å²) >= 11 is 0. The Morgan fingerprint density at radius 1 is 1.50 bits per heavy atom. The molecule has 1 heterocycles. The molecule has 1 unspecified atom stereocenters. The van der Waals surface area contributed by atoms with E-state index in [1.54, 1.807) is 0 Å². The van der Waals surface area contributed by atoms with Crippen LogP contribution in [-0.4, -0.2) is 35.6 Å². The van der Waals surface area contributed by atoms with Crippen LogP contribution in [0.15, 0.2) is 4.63 Å². The van der Waals surface area contributed by atoms with E-state index in [4.69, 9.17) is 14.6 Å². The van der Waals surface area contributed by atoms with Crippen LogP contribution in [0.4, 0.5) is 0 Å². The van der Waals surface area contributed by atoms with Crippen molar-refractivity contribution in [2.45, 2.75) is 12.5 Å². The summed E-state index contributed by atoms with van der Waals surface area (Å²) in [6, 6.07) is 0. The molecule has 1 aromatic rings. The lowest BCUT2D eigenvalue weighted by molar-refractivity contribution is -0.162. The molecule has 7 heteroatoms. The molecule has 0 aliphatic carbocycles. The number of methoxy groups -OCH3 is 2. The van der Waals surface area contributed by atoms with Gasteiger partial charge in [0, 0.05) is 7.11 Å². The van der Waals surface area contributed by atoms with Crippen LogP contribution in [0.2, 0.25) is 0 Å². The van der Waals surface area contributed by atoms with E-state index >= 15 is 0 Å². The number of nitrogens with zero attached hydrogens (tertiary/aromatic N) is 2. The van der Waals surface area contributed by atoms with Crippen molar-refractivity contribution in [1.82, 2.24) is 10.3 Å². The summed E-state index contributed by atoms with van der Waals surface area (Å²) in [5, 5.41) is 15.7. The standard InChI is InChI=1S/C7H10N2O5/c1-7(13-3,6(10)11)4-5(12-2)9-14-8-4/h1-3H3,(H,10,11). The second kappa shape index (κ2) is 3.62. The van der Waals surface area contributed by atoms with Crippen molar-refractivity contribution in [2.24, 2.45) is 0 Å². The zero-order chi connectivity index (χ0) is 10.8. The van der Waals surface area contributed by atoms with Gasteiger partial charge in [-0.3, -0.25) is 0 Å². The Hall–Kier alpha value is -1.63. The van der Waals surface area contributed by atoms with E-state index in [0.29, 0.717) is 0 Å². The molecule has 7 nitrogen and oxygen atoms in total. The number of hydrogen-bond donors (Lipinski definition) is 1. The van der Waals surface area contributed by atoms with Crippen molar-refractivity contribution in [3.63, 3.8) is 0 Å². The fourth-order valence-electron chi connectivity index (χ4n) is 0.891. The minimum atomic E-state index is -1.62. The highest BCUT2D eigenvalue weighted by molar-refractivity contribution is 5.78. The fraction of sp³-hybridized carbons (Fsp3) is 0.571. The highest BCUT2D eigenvalue weighted by atomic mass is 16.6. The lowest BCUT2D eigenvalue weighted by atomic mass is 10.0. The number of carboxylic acids is 1. The van der Waals surface area contributed by atoms with Gasteiger partial charge in [-0.1, -0.05) is 0 Å². The third kappa shape index (κ3) is 1.41. The van der Waals surface area contributed by atoms with E-state index in [-0.39, 0.29) is 11.6 Å². The lowest BCUT2D eigenvalue weighted by Gasteiger charge is -2.19. The average Bonchev–Trinajstić information content (AvgIpc) is 2.64. The van der Waals surface area contributed by atoms with Crippen molar-refractivity contribution in [3.05, 3.63) is 5.69 Å². The van der Waals surface area contributed by atoms with Gasteiger partial charge in [0.25, 0.3) is 5.88 Å². The molecule has 0 bridgehead atoms. The summed E-state index contributed by atoms with van der Waals surface area (Å²) in [7, 11) is 2.59. The molecule has 0 saturated heterocycles. The maximum atomic E-state index is 10.9. The van der Waals surface area contributed by atoms with Gasteiger partial charge in [-0.15, -0.1) is 0 Å². The molecule has 78 valence electrons. The van der Waals surface area contributed by atoms with Gasteiger partial charge >= 0.3 is 5.97 Å². The minimum Gasteiger partial charge on any atom is -0.479 e. The average molecular weight is 202 g/mol. The molecule has 1 aromatic heterocycles. The van der Waals surface area contributed by atoms with Crippen LogP contribution in [0.5, 0.6) is 5.88 Å². The first-order valence-corrected chi connectivity index (χ1v) is 3.71. The Kier molecular flexibility index (Phi) is 2.70. The van der Waals surface area contributed by atoms with E-state index in [1.807, 2.05) is 0 Å². The summed E-state index contributed by atoms with van der Waals surface area (Å²) in [6.07, 6.45) is 0. The summed E-state index contributed by atoms with van der Waals surface area (Å²) in [4.78, 5) is 10.9. The summed E-state index contributed by atoms with van der Waals surface area (Å²) in [5.41, 5.74) is -1.62. The first-order valence-electron chi connectivity index (χ1n) is 3.71. The summed E-state index contributed by atoms with van der Waals surface area (Å²) in [6.45, 7) is 1.33. The van der Waals surface area contributed by atoms with Crippen LogP contribution in [0, 0.1) is 0 Å². The van der Waals surface area contributed by atoms with Crippen LogP contribution in [0.1, 0.15) is 12.6 Å². The molecule has 14 heavy (non-hydrogen) atoms. The first kappa shape index (κ1) is 10.5. The van der Waals surface area contributed by atoms with Gasteiger partial charge < -0.3 is 14.6 Å². The van der Waals surface area contributed by atoms with Crippen LogP contribution in [0.25, 0.3) is 0 Å². The molecule has 1 atom stereocenters. The van der Waals surface area contributed by atoms with Gasteiger partial charge in [0.2, 0.25) is 5.60 Å². The van der Waals surface area contributed by atoms with Gasteiger partial charge in [-0.05, 0) is 17.2 Å². The van der Waals surface area contributed by atoms with Crippen LogP contribution in [-0.2, 0) is 15.1 Å². The van der Waals surface area contributed by atoms with E-state index < -0.39 is 11.6 Å². The number of aliphatic carboxylic acids is 1. The molecule has 0 spiro atoms. The molecule has 0 radical (unpaired) electrons. The topological polar surface area (TPSA) is 94.7 Å². The molecule has 1 rings (SSSR count). The van der Waals surface area contributed by atoms with Crippen molar-refractivity contribution in [2.75, 3.05) is 14.2 Å². The number of ether oxygens (including phenoxy) is 2. The first-order chi connectivity index (χ1) is 6.56. The van der Waals surface area contributed by atoms with Crippen LogP contribution < -0.4 is 4.74 Å². The number of carboxylic acid groups (broad SMARTS) is 1. The Bertz CT molecular complexity index is 337. The quantitative estimate of drug-likeness (QED) is 0.735. The van der Waals surface area contributed by atoms with Gasteiger partial charge in [-0.2, -0.15) is 0 Å². The van der Waals surface area contributed by atoms with Gasteiger partial charge in [0.1, 0.15) is 0 Å². The summed E-state index contributed by atoms with van der Waals surface area (Å²) < 4.78 is 14.0. The number of rotatable bonds is 4. The molecule has 0 aliphatic heterocycles. The lowest BCUT2D eigenvalue weighted by Crippen LogP contribution is -2.35. The van der Waals surface area contributed by atoms with Gasteiger partial charge in [-0.25, -0.2) is 9.42 Å². The molecule has 0 aliphatic rings. The molecule has 0 saturated carbocycles. The third-order valence-electron chi connectivity index (χ3n) is 1.92. The van der Waals surface area contributed by atoms with Gasteiger partial charge in [0.15, 0.2) is 5.69 Å². The zero-order valence-corrected chi connectivity index (χ0v) is 7.97. The number of carbonyl (C=O) groups is 1. The monoisotopic (exact) mass is 202 g/mol. The molecule has 0 amide bonds. The Balaban J connectivity index is 3.18. The third-order valence-corrected chi connectivity index (χ3v) is 1.92. The molecular weight excluding hydrogens is 192 g/mol. The van der Waals surface area contributed by atoms with E-state index in [1.165, 1.54) is 21.1 Å². The second-order valence-electron chi connectivity index (χ2n) is 2.66. The molecule has 1 N–H and O–H groups in total. The molecule has 0 aromatic carbocycles. The van der Waals surface area contributed by atoms with Crippen molar-refractivity contribution in [1.29, 1.82) is 0 Å². The zero-order valence-electron chi connectivity index (χ0n) is 7.97. The predicted octanol–water partition coefficient (Wildman–Crippen LogP) is 0.0244. The SMILES string of the molecule is COc1nonc1C(C)(OC)C(=O)O. The Morgan fingerprint density at radius 2 is 2.14 bits per heavy atom. The fourth-order valence-corrected chi connectivity index (χ4v) is 0.891. The maximum absolute atomic E-state index is 10.9. The van der Waals surface area contributed by atoms with E-state index in [2.05, 4.69) is 14.9 Å². The number of aromatic nitrogens is 2. The highest BCUT2D eigenvalue weighted by Crippen LogP contribution is 2.29. The minimum absolute atomic E-state index is 0.00301. The smallest absolute Gasteiger partial charge is 0.342 e. The normalized spacial score (nSPS) is 14.8. The van der Waals surface area contributed by atoms with Crippen LogP contribution >= 0.6 is 0 Å². The molecular formula is C7H10N2O5. The predicted molar refractivity (Wildman–Crippen MR) is 42.8 cm³/mol. The van der Waals surface area contributed by atoms with Crippen LogP contribution in [0.3, 0.4) is 0 Å². The number of hydrogen-bond acceptors (Lipinski definition) is 6. The maximum Gasteiger partial charge on any atom is 0.342 e. The Morgan fingerprint density at radius 3 is 2.57 bits per heavy atom. The van der Waals surface area contributed by atoms with E-state index in [0.717, 1.165) is 0 Å². The van der Waals surface area contributed by atoms with Crippen molar-refractivity contribution in [3.8, 4) is 5.88 Å². The Labute approximate surface area is 79.6 Å². The largest absolute Gasteiger partial charge is 0.479 e. The van der Waals surface area contributed by atoms with Crippen molar-refractivity contribution < 1.29 is 24.0 Å². The molecule has 0 fully saturated rings. The second-order valence-corrected chi connectivity index (χ2v) is 2.66. The highest BCUT2D eigenvalue weighted by Gasteiger charge is 2.42. The van der Waals surface area contributed by atoms with E-state index in [9.17, 15) is 4.79 Å². The van der Waals surface area contributed by atoms with Gasteiger partial charge in [0.05, 0.1) is 7.11 Å².